The van der Waals surface area contributed by atoms with E-state index < -0.39 is 11.9 Å². The van der Waals surface area contributed by atoms with Crippen molar-refractivity contribution in [3.8, 4) is 0 Å². The van der Waals surface area contributed by atoms with Crippen LogP contribution in [0.25, 0.3) is 0 Å². The number of nitrogens with zero attached hydrogens (tertiary/aromatic N) is 2. The third-order valence-corrected chi connectivity index (χ3v) is 4.78. The zero-order valence-electron chi connectivity index (χ0n) is 14.9. The molecule has 0 radical (unpaired) electrons. The molecule has 2 rings (SSSR count). The molecule has 0 aliphatic carbocycles. The van der Waals surface area contributed by atoms with Crippen LogP contribution in [0.15, 0.2) is 30.3 Å². The van der Waals surface area contributed by atoms with E-state index in [0.717, 1.165) is 5.56 Å². The van der Waals surface area contributed by atoms with Gasteiger partial charge in [0.2, 0.25) is 11.8 Å². The average Bonchev–Trinajstić information content (AvgIpc) is 2.63. The van der Waals surface area contributed by atoms with Gasteiger partial charge in [-0.05, 0) is 24.8 Å². The van der Waals surface area contributed by atoms with E-state index in [1.54, 1.807) is 11.9 Å². The number of amides is 2. The summed E-state index contributed by atoms with van der Waals surface area (Å²) in [4.78, 5) is 39.3. The summed E-state index contributed by atoms with van der Waals surface area (Å²) >= 11 is 0. The highest BCUT2D eigenvalue weighted by molar-refractivity contribution is 5.88. The molecule has 1 saturated heterocycles. The second-order valence-corrected chi connectivity index (χ2v) is 6.58. The first kappa shape index (κ1) is 19.0. The maximum atomic E-state index is 12.7. The Labute approximate surface area is 148 Å². The molecule has 1 aromatic rings. The van der Waals surface area contributed by atoms with E-state index >= 15 is 0 Å². The van der Waals surface area contributed by atoms with E-state index in [-0.39, 0.29) is 30.8 Å². The summed E-state index contributed by atoms with van der Waals surface area (Å²) in [6, 6.07) is 9.54. The predicted molar refractivity (Wildman–Crippen MR) is 94.1 cm³/mol. The molecule has 1 N–H and O–H groups in total. The summed E-state index contributed by atoms with van der Waals surface area (Å²) in [6.45, 7) is 2.72. The molecule has 1 heterocycles. The standard InChI is InChI=1S/C19H26N2O4/c1-3-16(14-8-5-4-6-9-14)18(23)20(2)13-17(22)21-11-7-10-15(12-21)19(24)25/h4-6,8-9,15-16H,3,7,10-13H2,1-2H3,(H,24,25). The van der Waals surface area contributed by atoms with Crippen LogP contribution in [0, 0.1) is 5.92 Å². The van der Waals surface area contributed by atoms with Crippen LogP contribution in [0.4, 0.5) is 0 Å². The number of rotatable bonds is 6. The summed E-state index contributed by atoms with van der Waals surface area (Å²) in [5.41, 5.74) is 0.943. The van der Waals surface area contributed by atoms with Gasteiger partial charge in [-0.25, -0.2) is 0 Å². The van der Waals surface area contributed by atoms with Gasteiger partial charge >= 0.3 is 5.97 Å². The van der Waals surface area contributed by atoms with Gasteiger partial charge in [0.25, 0.3) is 0 Å². The Hall–Kier alpha value is -2.37. The van der Waals surface area contributed by atoms with Crippen LogP contribution in [0.5, 0.6) is 0 Å². The predicted octanol–water partition coefficient (Wildman–Crippen LogP) is 1.96. The molecule has 6 heteroatoms. The Balaban J connectivity index is 1.98. The van der Waals surface area contributed by atoms with Gasteiger partial charge in [-0.1, -0.05) is 37.3 Å². The average molecular weight is 346 g/mol. The van der Waals surface area contributed by atoms with Crippen molar-refractivity contribution in [2.75, 3.05) is 26.7 Å². The second-order valence-electron chi connectivity index (χ2n) is 6.58. The van der Waals surface area contributed by atoms with Crippen LogP contribution >= 0.6 is 0 Å². The SMILES string of the molecule is CCC(C(=O)N(C)CC(=O)N1CCCC(C(=O)O)C1)c1ccccc1. The number of likely N-dealkylation sites (tertiary alicyclic amines) is 1. The van der Waals surface area contributed by atoms with E-state index in [1.165, 1.54) is 4.90 Å². The van der Waals surface area contributed by atoms with Gasteiger partial charge in [-0.15, -0.1) is 0 Å². The fraction of sp³-hybridized carbons (Fsp3) is 0.526. The molecule has 136 valence electrons. The fourth-order valence-corrected chi connectivity index (χ4v) is 3.29. The Bertz CT molecular complexity index is 617. The quantitative estimate of drug-likeness (QED) is 0.854. The fourth-order valence-electron chi connectivity index (χ4n) is 3.29. The van der Waals surface area contributed by atoms with Crippen LogP contribution in [-0.2, 0) is 14.4 Å². The Morgan fingerprint density at radius 2 is 1.96 bits per heavy atom. The first-order valence-electron chi connectivity index (χ1n) is 8.74. The lowest BCUT2D eigenvalue weighted by atomic mass is 9.95. The summed E-state index contributed by atoms with van der Waals surface area (Å²) in [5.74, 6) is -1.92. The van der Waals surface area contributed by atoms with Crippen molar-refractivity contribution >= 4 is 17.8 Å². The molecule has 0 spiro atoms. The molecule has 6 nitrogen and oxygen atoms in total. The van der Waals surface area contributed by atoms with Crippen molar-refractivity contribution in [1.82, 2.24) is 9.80 Å². The Morgan fingerprint density at radius 3 is 2.56 bits per heavy atom. The van der Waals surface area contributed by atoms with Crippen molar-refractivity contribution in [2.45, 2.75) is 32.1 Å². The maximum Gasteiger partial charge on any atom is 0.308 e. The lowest BCUT2D eigenvalue weighted by Crippen LogP contribution is -2.47. The first-order valence-corrected chi connectivity index (χ1v) is 8.74. The molecule has 1 fully saturated rings. The van der Waals surface area contributed by atoms with Crippen LogP contribution in [0.3, 0.4) is 0 Å². The number of carbonyl (C=O) groups is 3. The van der Waals surface area contributed by atoms with Crippen LogP contribution in [0.2, 0.25) is 0 Å². The number of hydrogen-bond donors (Lipinski definition) is 1. The van der Waals surface area contributed by atoms with E-state index in [1.807, 2.05) is 37.3 Å². The van der Waals surface area contributed by atoms with E-state index in [0.29, 0.717) is 25.8 Å². The minimum absolute atomic E-state index is 0.0193. The number of benzene rings is 1. The van der Waals surface area contributed by atoms with E-state index in [4.69, 9.17) is 5.11 Å². The topological polar surface area (TPSA) is 77.9 Å². The Morgan fingerprint density at radius 1 is 1.28 bits per heavy atom. The van der Waals surface area contributed by atoms with Gasteiger partial charge < -0.3 is 14.9 Å². The molecule has 0 aromatic heterocycles. The number of carboxylic acid groups (broad SMARTS) is 1. The van der Waals surface area contributed by atoms with Crippen molar-refractivity contribution in [3.05, 3.63) is 35.9 Å². The molecule has 25 heavy (non-hydrogen) atoms. The number of likely N-dealkylation sites (N-methyl/N-ethyl adjacent to an activating group) is 1. The van der Waals surface area contributed by atoms with Crippen molar-refractivity contribution in [3.63, 3.8) is 0 Å². The van der Waals surface area contributed by atoms with Gasteiger partial charge in [-0.3, -0.25) is 14.4 Å². The van der Waals surface area contributed by atoms with Crippen LogP contribution < -0.4 is 0 Å². The summed E-state index contributed by atoms with van der Waals surface area (Å²) < 4.78 is 0. The van der Waals surface area contributed by atoms with Gasteiger partial charge in [0.15, 0.2) is 0 Å². The lowest BCUT2D eigenvalue weighted by Gasteiger charge is -2.32. The lowest BCUT2D eigenvalue weighted by molar-refractivity contribution is -0.147. The molecule has 1 aliphatic rings. The van der Waals surface area contributed by atoms with Crippen molar-refractivity contribution in [2.24, 2.45) is 5.92 Å². The van der Waals surface area contributed by atoms with Crippen LogP contribution in [0.1, 0.15) is 37.7 Å². The number of carbonyl (C=O) groups excluding carboxylic acids is 2. The summed E-state index contributed by atoms with van der Waals surface area (Å²) in [6.07, 6.45) is 1.94. The number of carboxylic acids is 1. The number of piperidine rings is 1. The molecule has 1 aliphatic heterocycles. The summed E-state index contributed by atoms with van der Waals surface area (Å²) in [5, 5.41) is 9.14. The second kappa shape index (κ2) is 8.65. The molecule has 2 atom stereocenters. The van der Waals surface area contributed by atoms with Gasteiger partial charge in [0, 0.05) is 20.1 Å². The number of hydrogen-bond acceptors (Lipinski definition) is 3. The molecular weight excluding hydrogens is 320 g/mol. The highest BCUT2D eigenvalue weighted by Crippen LogP contribution is 2.22. The zero-order chi connectivity index (χ0) is 18.4. The minimum Gasteiger partial charge on any atom is -0.481 e. The van der Waals surface area contributed by atoms with Gasteiger partial charge in [-0.2, -0.15) is 0 Å². The molecule has 0 bridgehead atoms. The zero-order valence-corrected chi connectivity index (χ0v) is 14.9. The van der Waals surface area contributed by atoms with Crippen molar-refractivity contribution in [1.29, 1.82) is 0 Å². The molecule has 2 unspecified atom stereocenters. The van der Waals surface area contributed by atoms with Gasteiger partial charge in [0.05, 0.1) is 18.4 Å². The molecule has 2 amide bonds. The van der Waals surface area contributed by atoms with Crippen molar-refractivity contribution < 1.29 is 19.5 Å². The number of aliphatic carboxylic acids is 1. The van der Waals surface area contributed by atoms with Gasteiger partial charge in [0.1, 0.15) is 0 Å². The first-order chi connectivity index (χ1) is 11.9. The third kappa shape index (κ3) is 4.81. The largest absolute Gasteiger partial charge is 0.481 e. The third-order valence-electron chi connectivity index (χ3n) is 4.78. The summed E-state index contributed by atoms with van der Waals surface area (Å²) in [7, 11) is 1.63. The van der Waals surface area contributed by atoms with E-state index in [2.05, 4.69) is 0 Å². The highest BCUT2D eigenvalue weighted by Gasteiger charge is 2.30. The molecule has 1 aromatic carbocycles. The maximum absolute atomic E-state index is 12.7. The normalized spacial score (nSPS) is 18.5. The Kier molecular flexibility index (Phi) is 6.56. The molecular formula is C19H26N2O4. The van der Waals surface area contributed by atoms with E-state index in [9.17, 15) is 14.4 Å². The minimum atomic E-state index is -0.864. The molecule has 0 saturated carbocycles. The monoisotopic (exact) mass is 346 g/mol. The smallest absolute Gasteiger partial charge is 0.308 e. The highest BCUT2D eigenvalue weighted by atomic mass is 16.4. The van der Waals surface area contributed by atoms with Crippen LogP contribution in [-0.4, -0.2) is 59.4 Å².